The third-order valence-corrected chi connectivity index (χ3v) is 4.82. The number of carboxylic acids is 1. The molecule has 21 heavy (non-hydrogen) atoms. The Morgan fingerprint density at radius 3 is 3.00 bits per heavy atom. The second-order valence-corrected chi connectivity index (χ2v) is 6.87. The summed E-state index contributed by atoms with van der Waals surface area (Å²) in [4.78, 5) is 24.8. The zero-order valence-corrected chi connectivity index (χ0v) is 13.8. The van der Waals surface area contributed by atoms with Crippen molar-refractivity contribution >= 4 is 39.7 Å². The summed E-state index contributed by atoms with van der Waals surface area (Å²) in [7, 11) is 0. The van der Waals surface area contributed by atoms with Crippen LogP contribution in [0, 0.1) is 0 Å². The normalized spacial score (nSPS) is 18.3. The van der Waals surface area contributed by atoms with E-state index in [1.165, 1.54) is 0 Å². The molecule has 1 saturated heterocycles. The SMILES string of the molecule is O=C(O)CC1CSCCN1C(=O)NCc1cccc(Br)c1. The van der Waals surface area contributed by atoms with Crippen LogP contribution in [0.15, 0.2) is 28.7 Å². The molecule has 1 aliphatic rings. The number of rotatable bonds is 4. The molecule has 1 atom stereocenters. The van der Waals surface area contributed by atoms with E-state index in [0.29, 0.717) is 18.8 Å². The van der Waals surface area contributed by atoms with Gasteiger partial charge in [-0.2, -0.15) is 11.8 Å². The maximum Gasteiger partial charge on any atom is 0.317 e. The van der Waals surface area contributed by atoms with E-state index in [2.05, 4.69) is 21.2 Å². The molecule has 7 heteroatoms. The molecule has 2 rings (SSSR count). The first kappa shape index (κ1) is 16.2. The van der Waals surface area contributed by atoms with E-state index < -0.39 is 5.97 Å². The predicted molar refractivity (Wildman–Crippen MR) is 86.4 cm³/mol. The number of aliphatic carboxylic acids is 1. The Kier molecular flexibility index (Phi) is 5.93. The van der Waals surface area contributed by atoms with Crippen molar-refractivity contribution in [1.82, 2.24) is 10.2 Å². The molecule has 0 spiro atoms. The number of halogens is 1. The number of benzene rings is 1. The molecule has 114 valence electrons. The lowest BCUT2D eigenvalue weighted by Crippen LogP contribution is -2.51. The number of carboxylic acid groups (broad SMARTS) is 1. The van der Waals surface area contributed by atoms with Crippen molar-refractivity contribution in [3.8, 4) is 0 Å². The molecule has 0 aromatic heterocycles. The minimum atomic E-state index is -0.868. The topological polar surface area (TPSA) is 69.6 Å². The highest BCUT2D eigenvalue weighted by molar-refractivity contribution is 9.10. The highest BCUT2D eigenvalue weighted by atomic mass is 79.9. The van der Waals surface area contributed by atoms with Gasteiger partial charge in [-0.15, -0.1) is 0 Å². The van der Waals surface area contributed by atoms with Crippen LogP contribution in [0.2, 0.25) is 0 Å². The number of amides is 2. The Morgan fingerprint density at radius 2 is 2.29 bits per heavy atom. The van der Waals surface area contributed by atoms with Gasteiger partial charge in [0.15, 0.2) is 0 Å². The van der Waals surface area contributed by atoms with Gasteiger partial charge in [0, 0.05) is 29.1 Å². The van der Waals surface area contributed by atoms with E-state index in [-0.39, 0.29) is 18.5 Å². The number of nitrogens with zero attached hydrogens (tertiary/aromatic N) is 1. The molecule has 1 aliphatic heterocycles. The summed E-state index contributed by atoms with van der Waals surface area (Å²) in [6, 6.07) is 7.30. The average Bonchev–Trinajstić information content (AvgIpc) is 2.45. The zero-order chi connectivity index (χ0) is 15.2. The van der Waals surface area contributed by atoms with Gasteiger partial charge >= 0.3 is 12.0 Å². The minimum Gasteiger partial charge on any atom is -0.481 e. The minimum absolute atomic E-state index is 0.00267. The Hall–Kier alpha value is -1.21. The molecule has 1 fully saturated rings. The smallest absolute Gasteiger partial charge is 0.317 e. The third-order valence-electron chi connectivity index (χ3n) is 3.23. The summed E-state index contributed by atoms with van der Waals surface area (Å²) < 4.78 is 0.965. The summed E-state index contributed by atoms with van der Waals surface area (Å²) in [5, 5.41) is 11.8. The van der Waals surface area contributed by atoms with E-state index in [1.807, 2.05) is 24.3 Å². The molecule has 1 aromatic carbocycles. The van der Waals surface area contributed by atoms with Crippen LogP contribution in [0.5, 0.6) is 0 Å². The summed E-state index contributed by atoms with van der Waals surface area (Å²) in [5.74, 6) is 0.657. The van der Waals surface area contributed by atoms with Crippen LogP contribution in [-0.2, 0) is 11.3 Å². The molecule has 2 amide bonds. The first-order chi connectivity index (χ1) is 10.1. The molecule has 1 aromatic rings. The molecule has 0 radical (unpaired) electrons. The lowest BCUT2D eigenvalue weighted by Gasteiger charge is -2.34. The van der Waals surface area contributed by atoms with Crippen LogP contribution in [0.25, 0.3) is 0 Å². The second-order valence-electron chi connectivity index (χ2n) is 4.81. The maximum absolute atomic E-state index is 12.2. The van der Waals surface area contributed by atoms with Gasteiger partial charge in [-0.3, -0.25) is 4.79 Å². The third kappa shape index (κ3) is 4.93. The number of thioether (sulfide) groups is 1. The summed E-state index contributed by atoms with van der Waals surface area (Å²) in [6.45, 7) is 1.02. The highest BCUT2D eigenvalue weighted by Crippen LogP contribution is 2.19. The van der Waals surface area contributed by atoms with Crippen molar-refractivity contribution in [1.29, 1.82) is 0 Å². The average molecular weight is 373 g/mol. The van der Waals surface area contributed by atoms with Gasteiger partial charge in [0.25, 0.3) is 0 Å². The first-order valence-corrected chi connectivity index (χ1v) is 8.59. The van der Waals surface area contributed by atoms with Crippen molar-refractivity contribution in [3.05, 3.63) is 34.3 Å². The van der Waals surface area contributed by atoms with Crippen LogP contribution < -0.4 is 5.32 Å². The first-order valence-electron chi connectivity index (χ1n) is 6.64. The Balaban J connectivity index is 1.92. The van der Waals surface area contributed by atoms with Gasteiger partial charge in [0.05, 0.1) is 12.5 Å². The Bertz CT molecular complexity index is 527. The quantitative estimate of drug-likeness (QED) is 0.851. The van der Waals surface area contributed by atoms with Crippen molar-refractivity contribution in [3.63, 3.8) is 0 Å². The van der Waals surface area contributed by atoms with Gasteiger partial charge in [0.1, 0.15) is 0 Å². The van der Waals surface area contributed by atoms with Gasteiger partial charge in [-0.1, -0.05) is 28.1 Å². The standard InChI is InChI=1S/C14H17BrN2O3S/c15-11-3-1-2-10(6-11)8-16-14(20)17-4-5-21-9-12(17)7-13(18)19/h1-3,6,12H,4-5,7-9H2,(H,16,20)(H,18,19). The summed E-state index contributed by atoms with van der Waals surface area (Å²) >= 11 is 5.08. The Morgan fingerprint density at radius 1 is 1.48 bits per heavy atom. The largest absolute Gasteiger partial charge is 0.481 e. The molecule has 0 bridgehead atoms. The molecule has 0 aliphatic carbocycles. The number of hydrogen-bond donors (Lipinski definition) is 2. The second kappa shape index (κ2) is 7.70. The lowest BCUT2D eigenvalue weighted by molar-refractivity contribution is -0.137. The Labute approximate surface area is 136 Å². The predicted octanol–water partition coefficient (Wildman–Crippen LogP) is 2.55. The number of hydrogen-bond acceptors (Lipinski definition) is 3. The van der Waals surface area contributed by atoms with Crippen molar-refractivity contribution in [2.24, 2.45) is 0 Å². The van der Waals surface area contributed by atoms with E-state index in [1.54, 1.807) is 16.7 Å². The highest BCUT2D eigenvalue weighted by Gasteiger charge is 2.28. The van der Waals surface area contributed by atoms with E-state index >= 15 is 0 Å². The monoisotopic (exact) mass is 372 g/mol. The molecular formula is C14H17BrN2O3S. The van der Waals surface area contributed by atoms with Gasteiger partial charge in [0.2, 0.25) is 0 Å². The number of carbonyl (C=O) groups excluding carboxylic acids is 1. The fraction of sp³-hybridized carbons (Fsp3) is 0.429. The molecule has 0 saturated carbocycles. The molecular weight excluding hydrogens is 356 g/mol. The molecule has 1 unspecified atom stereocenters. The van der Waals surface area contributed by atoms with Gasteiger partial charge in [-0.05, 0) is 17.7 Å². The van der Waals surface area contributed by atoms with Crippen molar-refractivity contribution in [2.75, 3.05) is 18.1 Å². The number of urea groups is 1. The van der Waals surface area contributed by atoms with E-state index in [9.17, 15) is 9.59 Å². The van der Waals surface area contributed by atoms with E-state index in [0.717, 1.165) is 15.8 Å². The zero-order valence-electron chi connectivity index (χ0n) is 11.4. The fourth-order valence-corrected chi connectivity index (χ4v) is 3.73. The van der Waals surface area contributed by atoms with Crippen molar-refractivity contribution in [2.45, 2.75) is 19.0 Å². The summed E-state index contributed by atoms with van der Waals surface area (Å²) in [5.41, 5.74) is 0.999. The van der Waals surface area contributed by atoms with Crippen LogP contribution in [0.4, 0.5) is 4.79 Å². The lowest BCUT2D eigenvalue weighted by atomic mass is 10.2. The van der Waals surface area contributed by atoms with Crippen LogP contribution >= 0.6 is 27.7 Å². The maximum atomic E-state index is 12.2. The van der Waals surface area contributed by atoms with Crippen LogP contribution in [-0.4, -0.2) is 46.1 Å². The van der Waals surface area contributed by atoms with E-state index in [4.69, 9.17) is 5.11 Å². The molecule has 1 heterocycles. The van der Waals surface area contributed by atoms with Crippen molar-refractivity contribution < 1.29 is 14.7 Å². The fourth-order valence-electron chi connectivity index (χ4n) is 2.22. The summed E-state index contributed by atoms with van der Waals surface area (Å²) in [6.07, 6.45) is -0.00267. The molecule has 5 nitrogen and oxygen atoms in total. The van der Waals surface area contributed by atoms with Gasteiger partial charge < -0.3 is 15.3 Å². The van der Waals surface area contributed by atoms with Gasteiger partial charge in [-0.25, -0.2) is 4.79 Å². The molecule has 2 N–H and O–H groups in total. The van der Waals surface area contributed by atoms with Crippen LogP contribution in [0.3, 0.4) is 0 Å². The number of carbonyl (C=O) groups is 2. The number of nitrogens with one attached hydrogen (secondary N) is 1. The van der Waals surface area contributed by atoms with Crippen LogP contribution in [0.1, 0.15) is 12.0 Å².